The summed E-state index contributed by atoms with van der Waals surface area (Å²) in [6, 6.07) is 15.3. The molecular formula is C35H43FN4O7. The molecule has 2 heterocycles. The highest BCUT2D eigenvalue weighted by molar-refractivity contribution is 6.01. The van der Waals surface area contributed by atoms with Gasteiger partial charge in [0.1, 0.15) is 18.4 Å². The maximum atomic E-state index is 14.0. The predicted octanol–water partition coefficient (Wildman–Crippen LogP) is 5.52. The van der Waals surface area contributed by atoms with Crippen molar-refractivity contribution in [1.82, 2.24) is 9.88 Å². The van der Waals surface area contributed by atoms with Crippen LogP contribution in [-0.4, -0.2) is 72.5 Å². The van der Waals surface area contributed by atoms with Crippen molar-refractivity contribution in [2.75, 3.05) is 25.6 Å². The van der Waals surface area contributed by atoms with Crippen molar-refractivity contribution in [2.45, 2.75) is 70.2 Å². The summed E-state index contributed by atoms with van der Waals surface area (Å²) in [6.45, 7) is 3.36. The Labute approximate surface area is 273 Å². The van der Waals surface area contributed by atoms with Gasteiger partial charge in [-0.15, -0.1) is 0 Å². The van der Waals surface area contributed by atoms with Crippen LogP contribution in [0.15, 0.2) is 54.6 Å². The van der Waals surface area contributed by atoms with Crippen LogP contribution in [-0.2, 0) is 23.8 Å². The molecule has 0 bridgehead atoms. The van der Waals surface area contributed by atoms with Crippen LogP contribution in [0.5, 0.6) is 0 Å². The second-order valence-corrected chi connectivity index (χ2v) is 12.8. The molecule has 2 aliphatic rings. The molecule has 2 fully saturated rings. The number of amides is 2. The predicted molar refractivity (Wildman–Crippen MR) is 173 cm³/mol. The Bertz CT molecular complexity index is 1570. The Morgan fingerprint density at radius 2 is 1.72 bits per heavy atom. The van der Waals surface area contributed by atoms with Crippen molar-refractivity contribution in [3.05, 3.63) is 65.9 Å². The number of alkyl halides is 1. The molecule has 11 nitrogen and oxygen atoms in total. The second kappa shape index (κ2) is 15.0. The zero-order valence-corrected chi connectivity index (χ0v) is 26.9. The molecule has 1 aromatic heterocycles. The first-order valence-corrected chi connectivity index (χ1v) is 16.2. The molecule has 1 aliphatic heterocycles. The average Bonchev–Trinajstić information content (AvgIpc) is 3.72. The van der Waals surface area contributed by atoms with Crippen molar-refractivity contribution < 1.29 is 37.8 Å². The minimum absolute atomic E-state index is 0.0454. The van der Waals surface area contributed by atoms with Crippen LogP contribution in [0.2, 0.25) is 0 Å². The topological polar surface area (TPSA) is 153 Å². The van der Waals surface area contributed by atoms with Gasteiger partial charge in [-0.25, -0.2) is 14.0 Å². The monoisotopic (exact) mass is 650 g/mol. The van der Waals surface area contributed by atoms with Gasteiger partial charge in [-0.1, -0.05) is 44.2 Å². The fraction of sp³-hybridized carbons (Fsp3) is 0.486. The number of aromatic nitrogens is 1. The summed E-state index contributed by atoms with van der Waals surface area (Å²) in [5.41, 5.74) is 8.20. The summed E-state index contributed by atoms with van der Waals surface area (Å²) in [7, 11) is 1.17. The number of fused-ring (bicyclic) bond motifs is 1. The lowest BCUT2D eigenvalue weighted by Crippen LogP contribution is -2.48. The Kier molecular flexibility index (Phi) is 10.8. The first-order chi connectivity index (χ1) is 22.6. The smallest absolute Gasteiger partial charge is 0.438 e. The van der Waals surface area contributed by atoms with Gasteiger partial charge in [0.25, 0.3) is 6.29 Å². The van der Waals surface area contributed by atoms with Crippen molar-refractivity contribution in [3.63, 3.8) is 0 Å². The number of H-pyrrole nitrogens is 1. The molecule has 4 atom stereocenters. The number of carbonyl (C=O) groups is 4. The number of likely N-dealkylation sites (tertiary alicyclic amines) is 1. The minimum atomic E-state index is -1.14. The van der Waals surface area contributed by atoms with E-state index < -0.39 is 37.2 Å². The summed E-state index contributed by atoms with van der Waals surface area (Å²) < 4.78 is 28.1. The number of methoxy groups -OCH3 is 1. The van der Waals surface area contributed by atoms with Crippen LogP contribution < -0.4 is 11.1 Å². The van der Waals surface area contributed by atoms with Gasteiger partial charge in [0, 0.05) is 46.9 Å². The van der Waals surface area contributed by atoms with Gasteiger partial charge >= 0.3 is 12.1 Å². The lowest BCUT2D eigenvalue weighted by Gasteiger charge is -2.35. The maximum absolute atomic E-state index is 14.0. The third kappa shape index (κ3) is 7.75. The van der Waals surface area contributed by atoms with Gasteiger partial charge in [0.2, 0.25) is 11.8 Å². The van der Waals surface area contributed by atoms with Gasteiger partial charge in [-0.3, -0.25) is 9.59 Å². The van der Waals surface area contributed by atoms with Crippen molar-refractivity contribution in [1.29, 1.82) is 0 Å². The third-order valence-electron chi connectivity index (χ3n) is 9.34. The molecule has 47 heavy (non-hydrogen) atoms. The molecule has 1 saturated heterocycles. The van der Waals surface area contributed by atoms with Crippen molar-refractivity contribution in [3.8, 4) is 0 Å². The number of nitrogens with one attached hydrogen (secondary N) is 2. The van der Waals surface area contributed by atoms with Crippen molar-refractivity contribution >= 4 is 40.5 Å². The number of aromatic amines is 1. The van der Waals surface area contributed by atoms with E-state index in [0.717, 1.165) is 5.56 Å². The van der Waals surface area contributed by atoms with E-state index in [9.17, 15) is 23.6 Å². The Balaban J connectivity index is 1.32. The Hall–Kier alpha value is -4.45. The first-order valence-electron chi connectivity index (χ1n) is 16.2. The molecule has 0 spiro atoms. The van der Waals surface area contributed by atoms with Gasteiger partial charge < -0.3 is 35.1 Å². The molecule has 2 amide bonds. The van der Waals surface area contributed by atoms with E-state index in [4.69, 9.17) is 15.2 Å². The minimum Gasteiger partial charge on any atom is -0.438 e. The molecule has 1 unspecified atom stereocenters. The highest BCUT2D eigenvalue weighted by Crippen LogP contribution is 2.38. The number of halogens is 1. The van der Waals surface area contributed by atoms with Gasteiger partial charge in [-0.2, -0.15) is 0 Å². The maximum Gasteiger partial charge on any atom is 0.511 e. The van der Waals surface area contributed by atoms with Crippen molar-refractivity contribution in [2.24, 2.45) is 23.5 Å². The lowest BCUT2D eigenvalue weighted by atomic mass is 9.78. The largest absolute Gasteiger partial charge is 0.511 e. The second-order valence-electron chi connectivity index (χ2n) is 12.8. The quantitative estimate of drug-likeness (QED) is 0.192. The number of carbonyl (C=O) groups excluding carboxylic acids is 4. The number of ether oxygens (including phenoxy) is 3. The number of nitrogens with two attached hydrogens (primary N) is 1. The molecule has 0 radical (unpaired) electrons. The zero-order valence-electron chi connectivity index (χ0n) is 26.9. The van der Waals surface area contributed by atoms with E-state index in [0.29, 0.717) is 55.2 Å². The van der Waals surface area contributed by atoms with Gasteiger partial charge in [-0.05, 0) is 67.9 Å². The molecular weight excluding hydrogens is 607 g/mol. The van der Waals surface area contributed by atoms with E-state index >= 15 is 0 Å². The zero-order chi connectivity index (χ0) is 33.7. The SMILES string of the molecule is COC(=O)OC(OC(=O)c1cc2cc(NC(=O)[C@@H]3[C@@H](c4ccccc4)CCN3C(=O)[C@H]3CC[C@H]([C@H](N)CF)CC3)ccc2[nH]1)C(C)C. The molecule has 1 aliphatic carbocycles. The van der Waals surface area contributed by atoms with Crippen LogP contribution in [0.25, 0.3) is 10.9 Å². The number of benzene rings is 2. The number of anilines is 1. The number of esters is 1. The molecule has 12 heteroatoms. The van der Waals surface area contributed by atoms with Crippen LogP contribution >= 0.6 is 0 Å². The highest BCUT2D eigenvalue weighted by atomic mass is 19.1. The fourth-order valence-corrected chi connectivity index (χ4v) is 6.71. The van der Waals surface area contributed by atoms with E-state index in [1.165, 1.54) is 7.11 Å². The van der Waals surface area contributed by atoms with Crippen LogP contribution in [0.4, 0.5) is 14.9 Å². The molecule has 1 saturated carbocycles. The number of rotatable bonds is 10. The molecule has 252 valence electrons. The summed E-state index contributed by atoms with van der Waals surface area (Å²) >= 11 is 0. The molecule has 3 aromatic rings. The summed E-state index contributed by atoms with van der Waals surface area (Å²) in [6.07, 6.45) is 1.17. The Morgan fingerprint density at radius 3 is 2.38 bits per heavy atom. The first kappa shape index (κ1) is 33.9. The fourth-order valence-electron chi connectivity index (χ4n) is 6.71. The standard InChI is InChI=1S/C35H43FN4O7/c1-20(2)34(47-35(44)45-3)46-33(43)29-18-24-17-25(13-14-28(24)39-29)38-31(41)30-26(21-7-5-4-6-8-21)15-16-40(30)32(42)23-11-9-22(10-12-23)27(37)19-36/h4-8,13-14,17-18,20,22-23,26-27,30,34,39H,9-12,15-16,19,37H2,1-3H3,(H,38,41)/t22-,23-,26-,27-,30+,34?/m1/s1. The van der Waals surface area contributed by atoms with Gasteiger partial charge in [0.05, 0.1) is 7.11 Å². The summed E-state index contributed by atoms with van der Waals surface area (Å²) in [4.78, 5) is 57.1. The number of hydrogen-bond acceptors (Lipinski definition) is 8. The van der Waals surface area contributed by atoms with Crippen LogP contribution in [0.3, 0.4) is 0 Å². The molecule has 2 aromatic carbocycles. The normalized spacial score (nSPS) is 22.5. The van der Waals surface area contributed by atoms with E-state index in [2.05, 4.69) is 15.0 Å². The highest BCUT2D eigenvalue weighted by Gasteiger charge is 2.45. The van der Waals surface area contributed by atoms with Crippen LogP contribution in [0, 0.1) is 17.8 Å². The number of hydrogen-bond donors (Lipinski definition) is 3. The molecule has 5 rings (SSSR count). The summed E-state index contributed by atoms with van der Waals surface area (Å²) in [5, 5.41) is 3.66. The Morgan fingerprint density at radius 1 is 1.00 bits per heavy atom. The lowest BCUT2D eigenvalue weighted by molar-refractivity contribution is -0.141. The third-order valence-corrected chi connectivity index (χ3v) is 9.34. The molecule has 4 N–H and O–H groups in total. The van der Waals surface area contributed by atoms with E-state index in [1.54, 1.807) is 43.0 Å². The average molecular weight is 651 g/mol. The van der Waals surface area contributed by atoms with E-state index in [1.807, 2.05) is 30.3 Å². The van der Waals surface area contributed by atoms with Crippen LogP contribution in [0.1, 0.15) is 67.9 Å². The van der Waals surface area contributed by atoms with Gasteiger partial charge in [0.15, 0.2) is 0 Å². The summed E-state index contributed by atoms with van der Waals surface area (Å²) in [5.74, 6) is -1.74. The van der Waals surface area contributed by atoms with E-state index in [-0.39, 0.29) is 41.2 Å². The number of nitrogens with zero attached hydrogens (tertiary/aromatic N) is 1.